The minimum atomic E-state index is -0.537. The molecule has 0 aliphatic carbocycles. The van der Waals surface area contributed by atoms with Crippen LogP contribution in [0.4, 0.5) is 4.79 Å². The predicted octanol–water partition coefficient (Wildman–Crippen LogP) is 1.04. The Morgan fingerprint density at radius 2 is 2.06 bits per heavy atom. The number of carbonyl (C=O) groups excluding carboxylic acids is 1. The predicted molar refractivity (Wildman–Crippen MR) is 62.8 cm³/mol. The molecule has 17 heavy (non-hydrogen) atoms. The lowest BCUT2D eigenvalue weighted by Crippen LogP contribution is -2.39. The Morgan fingerprint density at radius 1 is 1.41 bits per heavy atom. The van der Waals surface area contributed by atoms with Crippen LogP contribution in [0.1, 0.15) is 12.5 Å². The molecule has 5 heteroatoms. The highest BCUT2D eigenvalue weighted by molar-refractivity contribution is 5.67. The number of nitrogens with one attached hydrogen (secondary N) is 1. The van der Waals surface area contributed by atoms with E-state index >= 15 is 0 Å². The molecule has 0 heterocycles. The van der Waals surface area contributed by atoms with Gasteiger partial charge in [0.2, 0.25) is 0 Å². The topological polar surface area (TPSA) is 78.8 Å². The second-order valence-electron chi connectivity index (χ2n) is 3.61. The van der Waals surface area contributed by atoms with Crippen molar-refractivity contribution in [3.63, 3.8) is 0 Å². The molecule has 0 fully saturated rings. The van der Waals surface area contributed by atoms with E-state index in [1.807, 2.05) is 0 Å². The number of hydrogen-bond donors (Lipinski definition) is 3. The Morgan fingerprint density at radius 3 is 2.59 bits per heavy atom. The summed E-state index contributed by atoms with van der Waals surface area (Å²) < 4.78 is 4.73. The number of hydrogen-bond acceptors (Lipinski definition) is 4. The highest BCUT2D eigenvalue weighted by atomic mass is 16.5. The molecule has 5 nitrogen and oxygen atoms in total. The first-order valence-corrected chi connectivity index (χ1v) is 5.47. The number of carbonyl (C=O) groups is 1. The van der Waals surface area contributed by atoms with Gasteiger partial charge in [-0.25, -0.2) is 4.79 Å². The summed E-state index contributed by atoms with van der Waals surface area (Å²) in [6.07, 6.45) is -0.0550. The van der Waals surface area contributed by atoms with Gasteiger partial charge in [0.25, 0.3) is 0 Å². The van der Waals surface area contributed by atoms with Crippen molar-refractivity contribution in [2.24, 2.45) is 0 Å². The van der Waals surface area contributed by atoms with E-state index in [9.17, 15) is 4.79 Å². The molecule has 1 amide bonds. The summed E-state index contributed by atoms with van der Waals surface area (Å²) in [6, 6.07) is 6.22. The normalized spacial score (nSPS) is 11.9. The van der Waals surface area contributed by atoms with E-state index in [-0.39, 0.29) is 12.4 Å². The van der Waals surface area contributed by atoms with Crippen molar-refractivity contribution in [2.75, 3.05) is 13.2 Å². The zero-order chi connectivity index (χ0) is 12.7. The van der Waals surface area contributed by atoms with Gasteiger partial charge in [-0.1, -0.05) is 12.1 Å². The maximum absolute atomic E-state index is 11.2. The fourth-order valence-electron chi connectivity index (χ4n) is 1.42. The van der Waals surface area contributed by atoms with Gasteiger partial charge >= 0.3 is 6.09 Å². The van der Waals surface area contributed by atoms with Crippen LogP contribution in [-0.2, 0) is 11.2 Å². The van der Waals surface area contributed by atoms with Crippen LogP contribution in [0.3, 0.4) is 0 Å². The van der Waals surface area contributed by atoms with Gasteiger partial charge in [0.1, 0.15) is 5.75 Å². The molecule has 0 aromatic heterocycles. The Bertz CT molecular complexity index is 350. The second-order valence-corrected chi connectivity index (χ2v) is 3.61. The Hall–Kier alpha value is -1.75. The first-order chi connectivity index (χ1) is 8.15. The van der Waals surface area contributed by atoms with E-state index in [2.05, 4.69) is 5.32 Å². The molecule has 1 rings (SSSR count). The fourth-order valence-corrected chi connectivity index (χ4v) is 1.42. The third-order valence-electron chi connectivity index (χ3n) is 2.24. The number of aromatic hydroxyl groups is 1. The molecule has 0 saturated carbocycles. The Kier molecular flexibility index (Phi) is 5.29. The number of rotatable bonds is 5. The van der Waals surface area contributed by atoms with Crippen LogP contribution >= 0.6 is 0 Å². The molecule has 0 bridgehead atoms. The van der Waals surface area contributed by atoms with Gasteiger partial charge in [-0.05, 0) is 31.0 Å². The third-order valence-corrected chi connectivity index (χ3v) is 2.24. The number of aliphatic hydroxyl groups is 1. The number of aliphatic hydroxyl groups excluding tert-OH is 1. The smallest absolute Gasteiger partial charge is 0.407 e. The molecule has 94 valence electrons. The van der Waals surface area contributed by atoms with Gasteiger partial charge in [-0.15, -0.1) is 0 Å². The average molecular weight is 239 g/mol. The van der Waals surface area contributed by atoms with Crippen LogP contribution in [0, 0.1) is 0 Å². The molecule has 1 aromatic rings. The number of phenolic OH excluding ortho intramolecular Hbond substituents is 1. The largest absolute Gasteiger partial charge is 0.508 e. The van der Waals surface area contributed by atoms with Crippen molar-refractivity contribution in [3.8, 4) is 5.75 Å². The molecule has 1 aromatic carbocycles. The number of benzene rings is 1. The van der Waals surface area contributed by atoms with Crippen molar-refractivity contribution < 1.29 is 19.7 Å². The molecule has 3 N–H and O–H groups in total. The second kappa shape index (κ2) is 6.75. The number of amides is 1. The summed E-state index contributed by atoms with van der Waals surface area (Å²) in [6.45, 7) is 1.84. The minimum Gasteiger partial charge on any atom is -0.508 e. The van der Waals surface area contributed by atoms with Gasteiger partial charge < -0.3 is 20.3 Å². The summed E-state index contributed by atoms with van der Waals surface area (Å²) in [5, 5.41) is 20.8. The first kappa shape index (κ1) is 13.3. The van der Waals surface area contributed by atoms with Gasteiger partial charge in [-0.3, -0.25) is 0 Å². The molecule has 0 unspecified atom stereocenters. The van der Waals surface area contributed by atoms with Crippen LogP contribution in [0.5, 0.6) is 5.75 Å². The van der Waals surface area contributed by atoms with Crippen LogP contribution < -0.4 is 5.32 Å². The van der Waals surface area contributed by atoms with Crippen LogP contribution in [0.15, 0.2) is 24.3 Å². The SMILES string of the molecule is CCOC(=O)N[C@H](CO)Cc1ccc(O)cc1. The van der Waals surface area contributed by atoms with Crippen LogP contribution in [0.2, 0.25) is 0 Å². The maximum Gasteiger partial charge on any atom is 0.407 e. The van der Waals surface area contributed by atoms with E-state index in [1.54, 1.807) is 31.2 Å². The maximum atomic E-state index is 11.2. The van der Waals surface area contributed by atoms with Crippen molar-refractivity contribution in [3.05, 3.63) is 29.8 Å². The average Bonchev–Trinajstić information content (AvgIpc) is 2.31. The standard InChI is InChI=1S/C12H17NO4/c1-2-17-12(16)13-10(8-14)7-9-3-5-11(15)6-4-9/h3-6,10,14-15H,2,7-8H2,1H3,(H,13,16)/t10-/m0/s1. The molecule has 0 aliphatic heterocycles. The summed E-state index contributed by atoms with van der Waals surface area (Å²) in [5.41, 5.74) is 0.915. The van der Waals surface area contributed by atoms with E-state index in [0.717, 1.165) is 5.56 Å². The van der Waals surface area contributed by atoms with Gasteiger partial charge in [0, 0.05) is 0 Å². The van der Waals surface area contributed by atoms with Gasteiger partial charge in [0.05, 0.1) is 19.3 Å². The molecule has 0 spiro atoms. The third kappa shape index (κ3) is 4.74. The van der Waals surface area contributed by atoms with Gasteiger partial charge in [0.15, 0.2) is 0 Å². The summed E-state index contributed by atoms with van der Waals surface area (Å²) >= 11 is 0. The van der Waals surface area contributed by atoms with Crippen molar-refractivity contribution in [1.82, 2.24) is 5.32 Å². The molecular formula is C12H17NO4. The number of phenols is 1. The fraction of sp³-hybridized carbons (Fsp3) is 0.417. The van der Waals surface area contributed by atoms with Crippen molar-refractivity contribution >= 4 is 6.09 Å². The quantitative estimate of drug-likeness (QED) is 0.717. The van der Waals surface area contributed by atoms with Gasteiger partial charge in [-0.2, -0.15) is 0 Å². The lowest BCUT2D eigenvalue weighted by Gasteiger charge is -2.15. The van der Waals surface area contributed by atoms with Crippen LogP contribution in [0.25, 0.3) is 0 Å². The lowest BCUT2D eigenvalue weighted by molar-refractivity contribution is 0.140. The van der Waals surface area contributed by atoms with Crippen molar-refractivity contribution in [2.45, 2.75) is 19.4 Å². The molecule has 0 radical (unpaired) electrons. The highest BCUT2D eigenvalue weighted by Crippen LogP contribution is 2.11. The molecule has 0 saturated heterocycles. The molecule has 0 aliphatic rings. The summed E-state index contributed by atoms with van der Waals surface area (Å²) in [7, 11) is 0. The monoisotopic (exact) mass is 239 g/mol. The number of ether oxygens (including phenoxy) is 1. The Balaban J connectivity index is 2.51. The molecular weight excluding hydrogens is 222 g/mol. The first-order valence-electron chi connectivity index (χ1n) is 5.47. The van der Waals surface area contributed by atoms with Crippen molar-refractivity contribution in [1.29, 1.82) is 0 Å². The van der Waals surface area contributed by atoms with E-state index in [0.29, 0.717) is 13.0 Å². The number of alkyl carbamates (subject to hydrolysis) is 1. The lowest BCUT2D eigenvalue weighted by atomic mass is 10.1. The zero-order valence-electron chi connectivity index (χ0n) is 9.72. The van der Waals surface area contributed by atoms with E-state index in [1.165, 1.54) is 0 Å². The zero-order valence-corrected chi connectivity index (χ0v) is 9.72. The minimum absolute atomic E-state index is 0.167. The summed E-state index contributed by atoms with van der Waals surface area (Å²) in [4.78, 5) is 11.2. The molecule has 1 atom stereocenters. The van der Waals surface area contributed by atoms with E-state index < -0.39 is 12.1 Å². The summed E-state index contributed by atoms with van der Waals surface area (Å²) in [5.74, 6) is 0.188. The highest BCUT2D eigenvalue weighted by Gasteiger charge is 2.12. The van der Waals surface area contributed by atoms with Crippen LogP contribution in [-0.4, -0.2) is 35.6 Å². The van der Waals surface area contributed by atoms with E-state index in [4.69, 9.17) is 14.9 Å². The Labute approximate surface area is 100 Å².